The number of rotatable bonds is 4. The van der Waals surface area contributed by atoms with Crippen molar-refractivity contribution in [2.75, 3.05) is 6.54 Å². The van der Waals surface area contributed by atoms with E-state index in [1.54, 1.807) is 0 Å². The van der Waals surface area contributed by atoms with E-state index in [-0.39, 0.29) is 0 Å². The molecule has 0 saturated carbocycles. The van der Waals surface area contributed by atoms with Gasteiger partial charge in [-0.3, -0.25) is 0 Å². The van der Waals surface area contributed by atoms with Crippen molar-refractivity contribution in [2.45, 2.75) is 44.6 Å². The van der Waals surface area contributed by atoms with Gasteiger partial charge in [0.1, 0.15) is 6.07 Å². The fraction of sp³-hybridized carbons (Fsp3) is 0.346. The second kappa shape index (κ2) is 7.89. The normalized spacial score (nSPS) is 21.4. The predicted molar refractivity (Wildman–Crippen MR) is 119 cm³/mol. The third kappa shape index (κ3) is 3.61. The first kappa shape index (κ1) is 18.2. The Labute approximate surface area is 172 Å². The van der Waals surface area contributed by atoms with Gasteiger partial charge in [0.2, 0.25) is 0 Å². The molecular weight excluding hydrogens is 354 g/mol. The molecule has 0 saturated heterocycles. The fourth-order valence-corrected chi connectivity index (χ4v) is 5.15. The van der Waals surface area contributed by atoms with Crippen LogP contribution in [0.2, 0.25) is 0 Å². The summed E-state index contributed by atoms with van der Waals surface area (Å²) in [6, 6.07) is 19.8. The van der Waals surface area contributed by atoms with Crippen molar-refractivity contribution in [2.24, 2.45) is 5.92 Å². The Bertz CT molecular complexity index is 1080. The highest BCUT2D eigenvalue weighted by atomic mass is 14.9. The van der Waals surface area contributed by atoms with Crippen molar-refractivity contribution < 1.29 is 0 Å². The molecule has 1 aliphatic carbocycles. The van der Waals surface area contributed by atoms with E-state index < -0.39 is 0 Å². The average Bonchev–Trinajstić information content (AvgIpc) is 3.16. The molecular formula is C26H27N3. The number of benzene rings is 2. The summed E-state index contributed by atoms with van der Waals surface area (Å²) < 4.78 is 0. The first-order valence-corrected chi connectivity index (χ1v) is 10.8. The molecule has 2 aromatic carbocycles. The van der Waals surface area contributed by atoms with Crippen molar-refractivity contribution in [1.29, 1.82) is 5.26 Å². The maximum Gasteiger partial charge on any atom is 0.101 e. The number of nitrogens with one attached hydrogen (secondary N) is 2. The molecule has 5 rings (SSSR count). The highest BCUT2D eigenvalue weighted by Gasteiger charge is 2.25. The van der Waals surface area contributed by atoms with Gasteiger partial charge in [0.25, 0.3) is 0 Å². The summed E-state index contributed by atoms with van der Waals surface area (Å²) in [5.74, 6) is 0.736. The minimum Gasteiger partial charge on any atom is -0.357 e. The van der Waals surface area contributed by atoms with Gasteiger partial charge >= 0.3 is 0 Å². The van der Waals surface area contributed by atoms with Crippen molar-refractivity contribution in [3.05, 3.63) is 77.0 Å². The van der Waals surface area contributed by atoms with Gasteiger partial charge in [0.05, 0.1) is 11.1 Å². The van der Waals surface area contributed by atoms with Crippen LogP contribution in [-0.4, -0.2) is 17.6 Å². The average molecular weight is 382 g/mol. The van der Waals surface area contributed by atoms with Crippen LogP contribution in [0.4, 0.5) is 0 Å². The van der Waals surface area contributed by atoms with Gasteiger partial charge in [-0.1, -0.05) is 48.5 Å². The lowest BCUT2D eigenvalue weighted by atomic mass is 9.82. The highest BCUT2D eigenvalue weighted by Crippen LogP contribution is 2.35. The molecule has 2 unspecified atom stereocenters. The Kier molecular flexibility index (Phi) is 4.96. The quantitative estimate of drug-likeness (QED) is 0.638. The second-order valence-electron chi connectivity index (χ2n) is 8.51. The number of fused-ring (bicyclic) bond motifs is 3. The molecule has 3 nitrogen and oxygen atoms in total. The van der Waals surface area contributed by atoms with Crippen LogP contribution < -0.4 is 5.32 Å². The summed E-state index contributed by atoms with van der Waals surface area (Å²) in [6.07, 6.45) is 9.46. The molecule has 29 heavy (non-hydrogen) atoms. The Hall–Kier alpha value is -2.83. The first-order valence-electron chi connectivity index (χ1n) is 10.8. The molecule has 2 heterocycles. The zero-order chi connectivity index (χ0) is 19.6. The lowest BCUT2D eigenvalue weighted by Crippen LogP contribution is -2.33. The van der Waals surface area contributed by atoms with Gasteiger partial charge in [0, 0.05) is 23.7 Å². The first-order chi connectivity index (χ1) is 14.3. The molecule has 1 aliphatic heterocycles. The molecule has 1 aromatic heterocycles. The molecule has 146 valence electrons. The zero-order valence-corrected chi connectivity index (χ0v) is 16.7. The zero-order valence-electron chi connectivity index (χ0n) is 16.7. The number of para-hydroxylation sites is 1. The van der Waals surface area contributed by atoms with E-state index in [0.29, 0.717) is 6.04 Å². The maximum absolute atomic E-state index is 9.40. The molecule has 0 spiro atoms. The summed E-state index contributed by atoms with van der Waals surface area (Å²) in [5.41, 5.74) is 7.46. The van der Waals surface area contributed by atoms with Gasteiger partial charge in [-0.05, 0) is 67.2 Å². The number of aromatic nitrogens is 1. The number of hydrogen-bond donors (Lipinski definition) is 2. The highest BCUT2D eigenvalue weighted by molar-refractivity contribution is 5.89. The van der Waals surface area contributed by atoms with E-state index in [9.17, 15) is 5.26 Å². The van der Waals surface area contributed by atoms with Crippen LogP contribution in [0.3, 0.4) is 0 Å². The molecule has 2 aliphatic rings. The third-order valence-electron chi connectivity index (χ3n) is 6.73. The van der Waals surface area contributed by atoms with Crippen molar-refractivity contribution >= 4 is 16.5 Å². The largest absolute Gasteiger partial charge is 0.357 e. The molecule has 0 amide bonds. The van der Waals surface area contributed by atoms with Crippen LogP contribution in [0.1, 0.15) is 48.1 Å². The van der Waals surface area contributed by atoms with Crippen molar-refractivity contribution in [3.63, 3.8) is 0 Å². The van der Waals surface area contributed by atoms with Gasteiger partial charge in [-0.25, -0.2) is 0 Å². The lowest BCUT2D eigenvalue weighted by molar-refractivity contribution is 0.374. The summed E-state index contributed by atoms with van der Waals surface area (Å²) in [7, 11) is 0. The van der Waals surface area contributed by atoms with Crippen LogP contribution in [0, 0.1) is 17.2 Å². The molecule has 2 N–H and O–H groups in total. The van der Waals surface area contributed by atoms with Crippen LogP contribution in [0.25, 0.3) is 16.5 Å². The smallest absolute Gasteiger partial charge is 0.101 e. The molecule has 3 aromatic rings. The van der Waals surface area contributed by atoms with E-state index in [1.807, 2.05) is 12.1 Å². The standard InChI is InChI=1S/C26H27N3/c27-17-21-7-4-8-23-24-15-18(10-12-25(24)29-26(21)23)9-11-22-16-20(13-14-28-22)19-5-2-1-3-6-19/h1-8,13,18,22,28-29H,9-12,14-16H2. The van der Waals surface area contributed by atoms with E-state index >= 15 is 0 Å². The molecule has 0 radical (unpaired) electrons. The van der Waals surface area contributed by atoms with Crippen LogP contribution in [0.5, 0.6) is 0 Å². The number of H-pyrrole nitrogens is 1. The van der Waals surface area contributed by atoms with Gasteiger partial charge in [-0.2, -0.15) is 5.26 Å². The number of aryl methyl sites for hydroxylation is 1. The van der Waals surface area contributed by atoms with Gasteiger partial charge < -0.3 is 10.3 Å². The van der Waals surface area contributed by atoms with E-state index in [1.165, 1.54) is 47.0 Å². The summed E-state index contributed by atoms with van der Waals surface area (Å²) in [6.45, 7) is 0.975. The number of aromatic amines is 1. The molecule has 0 bridgehead atoms. The minimum atomic E-state index is 0.574. The topological polar surface area (TPSA) is 51.6 Å². The third-order valence-corrected chi connectivity index (χ3v) is 6.73. The lowest BCUT2D eigenvalue weighted by Gasteiger charge is -2.28. The van der Waals surface area contributed by atoms with Crippen LogP contribution in [0.15, 0.2) is 54.6 Å². The van der Waals surface area contributed by atoms with Crippen LogP contribution in [-0.2, 0) is 12.8 Å². The fourth-order valence-electron chi connectivity index (χ4n) is 5.15. The van der Waals surface area contributed by atoms with E-state index in [4.69, 9.17) is 0 Å². The maximum atomic E-state index is 9.40. The monoisotopic (exact) mass is 381 g/mol. The summed E-state index contributed by atoms with van der Waals surface area (Å²) in [4.78, 5) is 3.54. The Morgan fingerprint density at radius 2 is 1.90 bits per heavy atom. The molecule has 0 fully saturated rings. The Morgan fingerprint density at radius 3 is 2.76 bits per heavy atom. The molecule has 3 heteroatoms. The van der Waals surface area contributed by atoms with Crippen molar-refractivity contribution in [3.8, 4) is 6.07 Å². The second-order valence-corrected chi connectivity index (χ2v) is 8.51. The summed E-state index contributed by atoms with van der Waals surface area (Å²) >= 11 is 0. The predicted octanol–water partition coefficient (Wildman–Crippen LogP) is 5.37. The van der Waals surface area contributed by atoms with E-state index in [0.717, 1.165) is 42.8 Å². The SMILES string of the molecule is N#Cc1cccc2c3c([nH]c12)CCC(CCC1CC(c2ccccc2)=CCN1)C3. The number of nitrogens with zero attached hydrogens (tertiary/aromatic N) is 1. The van der Waals surface area contributed by atoms with Gasteiger partial charge in [0.15, 0.2) is 0 Å². The number of hydrogen-bond acceptors (Lipinski definition) is 2. The number of nitriles is 1. The van der Waals surface area contributed by atoms with E-state index in [2.05, 4.69) is 58.8 Å². The van der Waals surface area contributed by atoms with Crippen LogP contribution >= 0.6 is 0 Å². The molecule has 2 atom stereocenters. The minimum absolute atomic E-state index is 0.574. The van der Waals surface area contributed by atoms with Gasteiger partial charge in [-0.15, -0.1) is 0 Å². The van der Waals surface area contributed by atoms with Crippen molar-refractivity contribution in [1.82, 2.24) is 10.3 Å². The summed E-state index contributed by atoms with van der Waals surface area (Å²) in [5, 5.41) is 14.4. The Morgan fingerprint density at radius 1 is 1.00 bits per heavy atom. The Balaban J connectivity index is 1.24.